The number of allylic oxidation sites excluding steroid dienone is 1. The van der Waals surface area contributed by atoms with Gasteiger partial charge in [-0.2, -0.15) is 0 Å². The van der Waals surface area contributed by atoms with Crippen LogP contribution in [0, 0.1) is 5.92 Å². The summed E-state index contributed by atoms with van der Waals surface area (Å²) in [7, 11) is -3.33. The van der Waals surface area contributed by atoms with Crippen LogP contribution in [-0.2, 0) is 8.85 Å². The molecule has 2 atom stereocenters. The molecule has 0 radical (unpaired) electrons. The van der Waals surface area contributed by atoms with Gasteiger partial charge in [0.25, 0.3) is 0 Å². The summed E-state index contributed by atoms with van der Waals surface area (Å²) in [6.07, 6.45) is 4.18. The number of rotatable bonds is 6. The Kier molecular flexibility index (Phi) is 5.97. The molecule has 0 amide bonds. The van der Waals surface area contributed by atoms with E-state index in [2.05, 4.69) is 67.0 Å². The van der Waals surface area contributed by atoms with Crippen LogP contribution in [0.1, 0.15) is 40.5 Å². The Morgan fingerprint density at radius 2 is 1.73 bits per heavy atom. The lowest BCUT2D eigenvalue weighted by molar-refractivity contribution is 0.142. The quantitative estimate of drug-likeness (QED) is 0.430. The first-order valence-electron chi connectivity index (χ1n) is 8.46. The van der Waals surface area contributed by atoms with Gasteiger partial charge in [0.1, 0.15) is 0 Å². The number of hydrogen-bond donors (Lipinski definition) is 0. The third-order valence-electron chi connectivity index (χ3n) is 4.93. The lowest BCUT2D eigenvalue weighted by Gasteiger charge is -2.40. The molecule has 22 heavy (non-hydrogen) atoms. The SMILES string of the molecule is C=CC[C@@H]1C(C)=C(O[Si](C)(C)C)C[C@@H]1O[Si](C)(C)C(C)(C)C. The molecule has 0 N–H and O–H groups in total. The van der Waals surface area contributed by atoms with E-state index >= 15 is 0 Å². The second kappa shape index (κ2) is 6.66. The molecule has 0 bridgehead atoms. The van der Waals surface area contributed by atoms with E-state index in [4.69, 9.17) is 8.85 Å². The molecule has 1 rings (SSSR count). The summed E-state index contributed by atoms with van der Waals surface area (Å²) >= 11 is 0. The van der Waals surface area contributed by atoms with Crippen molar-refractivity contribution >= 4 is 16.6 Å². The van der Waals surface area contributed by atoms with Crippen LogP contribution in [0.25, 0.3) is 0 Å². The molecule has 0 aromatic heterocycles. The van der Waals surface area contributed by atoms with E-state index in [0.29, 0.717) is 5.92 Å². The highest BCUT2D eigenvalue weighted by Crippen LogP contribution is 2.44. The van der Waals surface area contributed by atoms with Gasteiger partial charge in [-0.3, -0.25) is 0 Å². The van der Waals surface area contributed by atoms with Crippen molar-refractivity contribution in [2.45, 2.75) is 84.4 Å². The molecular formula is C18H36O2Si2. The molecule has 1 aliphatic rings. The average molecular weight is 341 g/mol. The summed E-state index contributed by atoms with van der Waals surface area (Å²) in [5, 5.41) is 0.238. The Balaban J connectivity index is 2.96. The maximum atomic E-state index is 6.73. The molecule has 0 saturated heterocycles. The van der Waals surface area contributed by atoms with Gasteiger partial charge in [0.15, 0.2) is 8.32 Å². The van der Waals surface area contributed by atoms with Crippen molar-refractivity contribution in [3.63, 3.8) is 0 Å². The van der Waals surface area contributed by atoms with Crippen molar-refractivity contribution in [2.24, 2.45) is 5.92 Å². The van der Waals surface area contributed by atoms with E-state index in [9.17, 15) is 0 Å². The smallest absolute Gasteiger partial charge is 0.241 e. The summed E-state index contributed by atoms with van der Waals surface area (Å²) < 4.78 is 13.1. The van der Waals surface area contributed by atoms with Crippen LogP contribution in [0.3, 0.4) is 0 Å². The third kappa shape index (κ3) is 4.83. The van der Waals surface area contributed by atoms with Gasteiger partial charge in [-0.15, -0.1) is 6.58 Å². The summed E-state index contributed by atoms with van der Waals surface area (Å²) in [5.41, 5.74) is 1.38. The van der Waals surface area contributed by atoms with Crippen LogP contribution < -0.4 is 0 Å². The fraction of sp³-hybridized carbons (Fsp3) is 0.778. The first-order chi connectivity index (χ1) is 9.78. The summed E-state index contributed by atoms with van der Waals surface area (Å²) in [5.74, 6) is 1.62. The second-order valence-electron chi connectivity index (χ2n) is 9.07. The molecule has 2 nitrogen and oxygen atoms in total. The third-order valence-corrected chi connectivity index (χ3v) is 10.3. The Bertz CT molecular complexity index is 439. The first-order valence-corrected chi connectivity index (χ1v) is 14.8. The van der Waals surface area contributed by atoms with Crippen molar-refractivity contribution in [3.8, 4) is 0 Å². The van der Waals surface area contributed by atoms with E-state index in [1.54, 1.807) is 0 Å². The highest BCUT2D eigenvalue weighted by Gasteiger charge is 2.43. The molecule has 0 fully saturated rings. The number of hydrogen-bond acceptors (Lipinski definition) is 2. The molecule has 0 unspecified atom stereocenters. The van der Waals surface area contributed by atoms with Gasteiger partial charge in [0.05, 0.1) is 11.9 Å². The highest BCUT2D eigenvalue weighted by atomic mass is 28.4. The minimum absolute atomic E-state index is 0.238. The monoisotopic (exact) mass is 340 g/mol. The molecule has 4 heteroatoms. The molecule has 0 spiro atoms. The Morgan fingerprint density at radius 3 is 2.14 bits per heavy atom. The van der Waals surface area contributed by atoms with Crippen LogP contribution >= 0.6 is 0 Å². The standard InChI is InChI=1S/C18H36O2Si2/c1-11-12-15-14(2)16(19-21(6,7)8)13-17(15)20-22(9,10)18(3,4)5/h11,15,17H,1,12-13H2,2-10H3/t15-,17+/m1/s1. The molecule has 0 heterocycles. The van der Waals surface area contributed by atoms with E-state index < -0.39 is 16.6 Å². The van der Waals surface area contributed by atoms with Gasteiger partial charge in [-0.1, -0.05) is 26.8 Å². The summed E-state index contributed by atoms with van der Waals surface area (Å²) in [6.45, 7) is 24.5. The van der Waals surface area contributed by atoms with E-state index in [1.807, 2.05) is 6.08 Å². The molecule has 0 aromatic carbocycles. The predicted molar refractivity (Wildman–Crippen MR) is 102 cm³/mol. The van der Waals surface area contributed by atoms with Gasteiger partial charge >= 0.3 is 0 Å². The molecule has 0 saturated carbocycles. The van der Waals surface area contributed by atoms with Crippen LogP contribution in [0.2, 0.25) is 37.8 Å². The Hall–Kier alpha value is -0.326. The van der Waals surface area contributed by atoms with Gasteiger partial charge < -0.3 is 8.85 Å². The molecule has 0 aliphatic heterocycles. The minimum atomic E-state index is -1.76. The lowest BCUT2D eigenvalue weighted by atomic mass is 9.97. The van der Waals surface area contributed by atoms with Crippen LogP contribution in [-0.4, -0.2) is 22.7 Å². The largest absolute Gasteiger partial charge is 0.547 e. The fourth-order valence-electron chi connectivity index (χ4n) is 2.65. The zero-order chi connectivity index (χ0) is 17.3. The van der Waals surface area contributed by atoms with Gasteiger partial charge in [0.2, 0.25) is 8.32 Å². The molecular weight excluding hydrogens is 304 g/mol. The maximum absolute atomic E-state index is 6.73. The van der Waals surface area contributed by atoms with Crippen molar-refractivity contribution in [1.82, 2.24) is 0 Å². The van der Waals surface area contributed by atoms with Crippen LogP contribution in [0.4, 0.5) is 0 Å². The highest BCUT2D eigenvalue weighted by molar-refractivity contribution is 6.74. The summed E-state index contributed by atoms with van der Waals surface area (Å²) in [6, 6.07) is 0. The zero-order valence-corrected chi connectivity index (χ0v) is 18.2. The average Bonchev–Trinajstić information content (AvgIpc) is 2.54. The van der Waals surface area contributed by atoms with Crippen LogP contribution in [0.5, 0.6) is 0 Å². The maximum Gasteiger partial charge on any atom is 0.241 e. The van der Waals surface area contributed by atoms with Crippen molar-refractivity contribution in [1.29, 1.82) is 0 Å². The van der Waals surface area contributed by atoms with E-state index in [1.165, 1.54) is 11.3 Å². The van der Waals surface area contributed by atoms with Crippen molar-refractivity contribution < 1.29 is 8.85 Å². The van der Waals surface area contributed by atoms with Crippen molar-refractivity contribution in [3.05, 3.63) is 24.0 Å². The molecule has 1 aliphatic carbocycles. The minimum Gasteiger partial charge on any atom is -0.547 e. The topological polar surface area (TPSA) is 18.5 Å². The first kappa shape index (κ1) is 19.7. The normalized spacial score (nSPS) is 23.9. The summed E-state index contributed by atoms with van der Waals surface area (Å²) in [4.78, 5) is 0. The lowest BCUT2D eigenvalue weighted by Crippen LogP contribution is -2.45. The van der Waals surface area contributed by atoms with Gasteiger partial charge in [0, 0.05) is 12.3 Å². The second-order valence-corrected chi connectivity index (χ2v) is 18.3. The molecule has 128 valence electrons. The zero-order valence-electron chi connectivity index (χ0n) is 16.2. The Labute approximate surface area is 140 Å². The fourth-order valence-corrected chi connectivity index (χ4v) is 4.99. The Morgan fingerprint density at radius 1 is 1.18 bits per heavy atom. The van der Waals surface area contributed by atoms with Gasteiger partial charge in [-0.05, 0) is 56.7 Å². The van der Waals surface area contributed by atoms with E-state index in [-0.39, 0.29) is 11.1 Å². The van der Waals surface area contributed by atoms with Crippen molar-refractivity contribution in [2.75, 3.05) is 0 Å². The predicted octanol–water partition coefficient (Wildman–Crippen LogP) is 6.10. The van der Waals surface area contributed by atoms with Gasteiger partial charge in [-0.25, -0.2) is 0 Å². The van der Waals surface area contributed by atoms with Crippen LogP contribution in [0.15, 0.2) is 24.0 Å². The molecule has 0 aromatic rings. The van der Waals surface area contributed by atoms with E-state index in [0.717, 1.165) is 12.8 Å².